The Kier molecular flexibility index (Phi) is 2.24. The van der Waals surface area contributed by atoms with E-state index in [-0.39, 0.29) is 11.3 Å². The van der Waals surface area contributed by atoms with E-state index in [4.69, 9.17) is 0 Å². The number of nitrogens with one attached hydrogen (secondary N) is 1. The van der Waals surface area contributed by atoms with E-state index in [2.05, 4.69) is 15.0 Å². The van der Waals surface area contributed by atoms with Gasteiger partial charge in [-0.3, -0.25) is 9.78 Å². The predicted molar refractivity (Wildman–Crippen MR) is 48.0 cm³/mol. The Bertz CT molecular complexity index is 553. The fourth-order valence-electron chi connectivity index (χ4n) is 1.13. The minimum Gasteiger partial charge on any atom is -0.311 e. The number of rotatable bonds is 1. The number of hydrogen-bond donors (Lipinski definition) is 1. The molecule has 1 N–H and O–H groups in total. The topological polar surface area (TPSA) is 58.6 Å². The van der Waals surface area contributed by atoms with Crippen LogP contribution in [0, 0.1) is 11.6 Å². The van der Waals surface area contributed by atoms with E-state index < -0.39 is 17.2 Å². The molecule has 0 bridgehead atoms. The van der Waals surface area contributed by atoms with Crippen LogP contribution in [-0.2, 0) is 0 Å². The molecule has 0 fully saturated rings. The molecular weight excluding hydrogens is 204 g/mol. The SMILES string of the molecule is O=c1[nH]cnc(-c2cncc(F)c2)c1F. The lowest BCUT2D eigenvalue weighted by atomic mass is 10.2. The van der Waals surface area contributed by atoms with Crippen LogP contribution in [-0.4, -0.2) is 15.0 Å². The molecule has 0 unspecified atom stereocenters. The molecule has 0 aromatic carbocycles. The number of H-pyrrole nitrogens is 1. The summed E-state index contributed by atoms with van der Waals surface area (Å²) in [5.41, 5.74) is -0.992. The predicted octanol–water partition coefficient (Wildman–Crippen LogP) is 1.11. The van der Waals surface area contributed by atoms with Gasteiger partial charge in [-0.1, -0.05) is 0 Å². The first kappa shape index (κ1) is 9.45. The second-order valence-electron chi connectivity index (χ2n) is 2.79. The summed E-state index contributed by atoms with van der Waals surface area (Å²) >= 11 is 0. The van der Waals surface area contributed by atoms with Crippen LogP contribution in [0.5, 0.6) is 0 Å². The lowest BCUT2D eigenvalue weighted by molar-refractivity contribution is 0.602. The molecule has 2 aromatic heterocycles. The number of hydrogen-bond acceptors (Lipinski definition) is 3. The maximum Gasteiger partial charge on any atom is 0.287 e. The van der Waals surface area contributed by atoms with E-state index in [0.29, 0.717) is 0 Å². The molecule has 0 amide bonds. The minimum absolute atomic E-state index is 0.124. The molecule has 15 heavy (non-hydrogen) atoms. The highest BCUT2D eigenvalue weighted by atomic mass is 19.1. The summed E-state index contributed by atoms with van der Waals surface area (Å²) in [4.78, 5) is 20.1. The van der Waals surface area contributed by atoms with Crippen molar-refractivity contribution in [3.8, 4) is 11.3 Å². The average molecular weight is 209 g/mol. The zero-order chi connectivity index (χ0) is 10.8. The lowest BCUT2D eigenvalue weighted by Gasteiger charge is -1.99. The van der Waals surface area contributed by atoms with Crippen molar-refractivity contribution in [3.63, 3.8) is 0 Å². The Labute approximate surface area is 82.6 Å². The molecule has 6 heteroatoms. The van der Waals surface area contributed by atoms with Gasteiger partial charge in [0.2, 0.25) is 5.82 Å². The van der Waals surface area contributed by atoms with Crippen LogP contribution in [0.25, 0.3) is 11.3 Å². The summed E-state index contributed by atoms with van der Waals surface area (Å²) in [6.45, 7) is 0. The third-order valence-electron chi connectivity index (χ3n) is 1.77. The molecule has 76 valence electrons. The van der Waals surface area contributed by atoms with Crippen molar-refractivity contribution >= 4 is 0 Å². The molecule has 0 spiro atoms. The van der Waals surface area contributed by atoms with Gasteiger partial charge in [0.1, 0.15) is 11.5 Å². The molecule has 0 radical (unpaired) electrons. The number of halogens is 2. The van der Waals surface area contributed by atoms with E-state index in [0.717, 1.165) is 18.6 Å². The fraction of sp³-hybridized carbons (Fsp3) is 0. The van der Waals surface area contributed by atoms with E-state index in [9.17, 15) is 13.6 Å². The third kappa shape index (κ3) is 1.74. The monoisotopic (exact) mass is 209 g/mol. The van der Waals surface area contributed by atoms with Crippen molar-refractivity contribution in [1.82, 2.24) is 15.0 Å². The van der Waals surface area contributed by atoms with Crippen molar-refractivity contribution in [1.29, 1.82) is 0 Å². The molecule has 0 saturated carbocycles. The standard InChI is InChI=1S/C9H5F2N3O/c10-6-1-5(2-12-3-6)8-7(11)9(15)14-4-13-8/h1-4H,(H,13,14,15). The van der Waals surface area contributed by atoms with Gasteiger partial charge in [0.15, 0.2) is 0 Å². The summed E-state index contributed by atoms with van der Waals surface area (Å²) in [7, 11) is 0. The quantitative estimate of drug-likeness (QED) is 0.765. The number of aromatic nitrogens is 3. The smallest absolute Gasteiger partial charge is 0.287 e. The van der Waals surface area contributed by atoms with Crippen LogP contribution in [0.4, 0.5) is 8.78 Å². The van der Waals surface area contributed by atoms with E-state index in [1.54, 1.807) is 0 Å². The second-order valence-corrected chi connectivity index (χ2v) is 2.79. The maximum atomic E-state index is 13.3. The van der Waals surface area contributed by atoms with Gasteiger partial charge in [-0.15, -0.1) is 0 Å². The first-order chi connectivity index (χ1) is 7.18. The van der Waals surface area contributed by atoms with Crippen molar-refractivity contribution in [2.24, 2.45) is 0 Å². The number of aromatic amines is 1. The lowest BCUT2D eigenvalue weighted by Crippen LogP contribution is -2.12. The molecule has 4 nitrogen and oxygen atoms in total. The normalized spacial score (nSPS) is 10.3. The average Bonchev–Trinajstić information content (AvgIpc) is 2.22. The molecule has 0 aliphatic carbocycles. The van der Waals surface area contributed by atoms with Crippen LogP contribution < -0.4 is 5.56 Å². The Hall–Kier alpha value is -2.11. The van der Waals surface area contributed by atoms with Crippen LogP contribution in [0.3, 0.4) is 0 Å². The van der Waals surface area contributed by atoms with Gasteiger partial charge >= 0.3 is 0 Å². The molecule has 0 saturated heterocycles. The van der Waals surface area contributed by atoms with Crippen LogP contribution in [0.15, 0.2) is 29.6 Å². The van der Waals surface area contributed by atoms with E-state index in [1.807, 2.05) is 0 Å². The molecule has 2 heterocycles. The second kappa shape index (κ2) is 3.56. The van der Waals surface area contributed by atoms with Gasteiger partial charge < -0.3 is 4.98 Å². The van der Waals surface area contributed by atoms with E-state index in [1.165, 1.54) is 6.20 Å². The van der Waals surface area contributed by atoms with Gasteiger partial charge in [-0.05, 0) is 6.07 Å². The van der Waals surface area contributed by atoms with Crippen LogP contribution in [0.2, 0.25) is 0 Å². The third-order valence-corrected chi connectivity index (χ3v) is 1.77. The summed E-state index contributed by atoms with van der Waals surface area (Å²) in [6, 6.07) is 1.05. The number of pyridine rings is 1. The summed E-state index contributed by atoms with van der Waals surface area (Å²) in [5, 5.41) is 0. The summed E-state index contributed by atoms with van der Waals surface area (Å²) in [6.07, 6.45) is 3.26. The summed E-state index contributed by atoms with van der Waals surface area (Å²) in [5.74, 6) is -1.67. The molecule has 0 aliphatic rings. The Morgan fingerprint density at radius 3 is 2.80 bits per heavy atom. The van der Waals surface area contributed by atoms with Crippen molar-refractivity contribution in [2.45, 2.75) is 0 Å². The Morgan fingerprint density at radius 1 is 1.27 bits per heavy atom. The fourth-order valence-corrected chi connectivity index (χ4v) is 1.13. The van der Waals surface area contributed by atoms with Gasteiger partial charge in [-0.2, -0.15) is 4.39 Å². The largest absolute Gasteiger partial charge is 0.311 e. The molecule has 2 rings (SSSR count). The first-order valence-corrected chi connectivity index (χ1v) is 4.02. The molecule has 0 atom stereocenters. The van der Waals surface area contributed by atoms with Gasteiger partial charge in [-0.25, -0.2) is 9.37 Å². The molecule has 2 aromatic rings. The highest BCUT2D eigenvalue weighted by molar-refractivity contribution is 5.57. The first-order valence-electron chi connectivity index (χ1n) is 4.02. The highest BCUT2D eigenvalue weighted by Crippen LogP contribution is 2.16. The Morgan fingerprint density at radius 2 is 2.07 bits per heavy atom. The van der Waals surface area contributed by atoms with Gasteiger partial charge in [0, 0.05) is 11.8 Å². The molecular formula is C9H5F2N3O. The maximum absolute atomic E-state index is 13.3. The zero-order valence-electron chi connectivity index (χ0n) is 7.37. The van der Waals surface area contributed by atoms with Crippen LogP contribution in [0.1, 0.15) is 0 Å². The van der Waals surface area contributed by atoms with Crippen molar-refractivity contribution in [2.75, 3.05) is 0 Å². The Balaban J connectivity index is 2.64. The van der Waals surface area contributed by atoms with Gasteiger partial charge in [0.25, 0.3) is 5.56 Å². The van der Waals surface area contributed by atoms with Crippen molar-refractivity contribution in [3.05, 3.63) is 46.8 Å². The van der Waals surface area contributed by atoms with E-state index >= 15 is 0 Å². The van der Waals surface area contributed by atoms with Crippen molar-refractivity contribution < 1.29 is 8.78 Å². The number of nitrogens with zero attached hydrogens (tertiary/aromatic N) is 2. The zero-order valence-corrected chi connectivity index (χ0v) is 7.37. The highest BCUT2D eigenvalue weighted by Gasteiger charge is 2.10. The van der Waals surface area contributed by atoms with Gasteiger partial charge in [0.05, 0.1) is 12.5 Å². The summed E-state index contributed by atoms with van der Waals surface area (Å²) < 4.78 is 26.0. The van der Waals surface area contributed by atoms with Crippen LogP contribution >= 0.6 is 0 Å². The minimum atomic E-state index is -1.05. The molecule has 0 aliphatic heterocycles.